The van der Waals surface area contributed by atoms with Gasteiger partial charge in [-0.2, -0.15) is 12.6 Å². The van der Waals surface area contributed by atoms with E-state index in [1.807, 2.05) is 18.2 Å². The molecular weight excluding hydrogens is 280 g/mol. The van der Waals surface area contributed by atoms with Gasteiger partial charge < -0.3 is 4.90 Å². The number of thiol groups is 1. The van der Waals surface area contributed by atoms with Gasteiger partial charge in [0, 0.05) is 24.5 Å². The topological polar surface area (TPSA) is 33.2 Å². The van der Waals surface area contributed by atoms with Crippen molar-refractivity contribution >= 4 is 46.7 Å². The lowest BCUT2D eigenvalue weighted by Crippen LogP contribution is -2.25. The van der Waals surface area contributed by atoms with Gasteiger partial charge in [0.15, 0.2) is 0 Å². The molecule has 1 fully saturated rings. The van der Waals surface area contributed by atoms with Crippen LogP contribution in [0, 0.1) is 5.92 Å². The Labute approximate surface area is 122 Å². The van der Waals surface area contributed by atoms with Gasteiger partial charge in [0.2, 0.25) is 5.91 Å². The Balaban J connectivity index is 2.14. The highest BCUT2D eigenvalue weighted by Gasteiger charge is 2.31. The molecule has 0 aliphatic carbocycles. The average Bonchev–Trinajstić information content (AvgIpc) is 2.80. The lowest BCUT2D eigenvalue weighted by atomic mass is 10.1. The van der Waals surface area contributed by atoms with Gasteiger partial charge in [0.1, 0.15) is 0 Å². The number of amides is 1. The first-order chi connectivity index (χ1) is 9.20. The number of benzene rings is 1. The number of rotatable bonds is 2. The molecule has 1 aromatic carbocycles. The van der Waals surface area contributed by atoms with Gasteiger partial charge in [-0.15, -0.1) is 0 Å². The molecule has 1 unspecified atom stereocenters. The summed E-state index contributed by atoms with van der Waals surface area (Å²) in [6.45, 7) is 0.677. The number of anilines is 1. The Morgan fingerprint density at radius 1 is 1.42 bits per heavy atom. The molecule has 1 amide bonds. The highest BCUT2D eigenvalue weighted by atomic mass is 35.5. The minimum atomic E-state index is 0.109. The molecule has 5 heteroatoms. The van der Waals surface area contributed by atoms with Crippen molar-refractivity contribution in [2.45, 2.75) is 6.42 Å². The molecule has 2 aromatic rings. The van der Waals surface area contributed by atoms with Gasteiger partial charge in [-0.1, -0.05) is 11.6 Å². The minimum Gasteiger partial charge on any atom is -0.310 e. The smallest absolute Gasteiger partial charge is 0.227 e. The summed E-state index contributed by atoms with van der Waals surface area (Å²) in [5.41, 5.74) is 1.63. The standard InChI is InChI=1S/C14H13ClN2OS/c15-11-3-4-12-10(2-1-5-16-12)14(11)17-7-9(8-19)6-13(17)18/h1-5,9,19H,6-8H2. The van der Waals surface area contributed by atoms with Crippen LogP contribution in [0.2, 0.25) is 5.02 Å². The van der Waals surface area contributed by atoms with Crippen molar-refractivity contribution in [2.75, 3.05) is 17.2 Å². The molecule has 3 nitrogen and oxygen atoms in total. The number of nitrogens with zero attached hydrogens (tertiary/aromatic N) is 2. The molecule has 1 saturated heterocycles. The zero-order valence-electron chi connectivity index (χ0n) is 10.2. The molecule has 1 aliphatic rings. The molecule has 0 bridgehead atoms. The van der Waals surface area contributed by atoms with Crippen LogP contribution in [0.15, 0.2) is 30.5 Å². The summed E-state index contributed by atoms with van der Waals surface area (Å²) in [6, 6.07) is 7.48. The van der Waals surface area contributed by atoms with E-state index < -0.39 is 0 Å². The van der Waals surface area contributed by atoms with Gasteiger partial charge in [0.05, 0.1) is 16.2 Å². The molecule has 98 valence electrons. The Bertz CT molecular complexity index is 646. The number of aromatic nitrogens is 1. The average molecular weight is 293 g/mol. The Kier molecular flexibility index (Phi) is 3.37. The normalized spacial score (nSPS) is 19.4. The van der Waals surface area contributed by atoms with E-state index in [0.717, 1.165) is 16.6 Å². The van der Waals surface area contributed by atoms with Crippen molar-refractivity contribution in [3.8, 4) is 0 Å². The highest BCUT2D eigenvalue weighted by Crippen LogP contribution is 2.37. The number of fused-ring (bicyclic) bond motifs is 1. The Morgan fingerprint density at radius 2 is 2.26 bits per heavy atom. The predicted octanol–water partition coefficient (Wildman–Crippen LogP) is 3.17. The van der Waals surface area contributed by atoms with Gasteiger partial charge in [-0.3, -0.25) is 9.78 Å². The van der Waals surface area contributed by atoms with Gasteiger partial charge in [0.25, 0.3) is 0 Å². The van der Waals surface area contributed by atoms with E-state index in [-0.39, 0.29) is 5.91 Å². The molecule has 3 rings (SSSR count). The molecular formula is C14H13ClN2OS. The van der Waals surface area contributed by atoms with Crippen molar-refractivity contribution in [1.29, 1.82) is 0 Å². The minimum absolute atomic E-state index is 0.109. The number of hydrogen-bond acceptors (Lipinski definition) is 3. The van der Waals surface area contributed by atoms with Gasteiger partial charge in [-0.25, -0.2) is 0 Å². The molecule has 0 saturated carbocycles. The predicted molar refractivity (Wildman–Crippen MR) is 81.1 cm³/mol. The number of carbonyl (C=O) groups is 1. The summed E-state index contributed by atoms with van der Waals surface area (Å²) in [5.74, 6) is 1.11. The fourth-order valence-corrected chi connectivity index (χ4v) is 3.02. The van der Waals surface area contributed by atoms with Crippen LogP contribution in [0.25, 0.3) is 10.9 Å². The number of hydrogen-bond donors (Lipinski definition) is 1. The third-order valence-corrected chi connectivity index (χ3v) is 4.26. The quantitative estimate of drug-likeness (QED) is 0.863. The fraction of sp³-hybridized carbons (Fsp3) is 0.286. The third kappa shape index (κ3) is 2.19. The first-order valence-corrected chi connectivity index (χ1v) is 7.16. The zero-order valence-corrected chi connectivity index (χ0v) is 11.9. The van der Waals surface area contributed by atoms with Crippen molar-refractivity contribution in [3.63, 3.8) is 0 Å². The number of halogens is 1. The van der Waals surface area contributed by atoms with Gasteiger partial charge in [-0.05, 0) is 35.9 Å². The van der Waals surface area contributed by atoms with Crippen LogP contribution >= 0.6 is 24.2 Å². The molecule has 0 radical (unpaired) electrons. The van der Waals surface area contributed by atoms with Crippen LogP contribution in [0.5, 0.6) is 0 Å². The Hall–Kier alpha value is -1.26. The second-order valence-corrected chi connectivity index (χ2v) is 5.50. The van der Waals surface area contributed by atoms with E-state index in [9.17, 15) is 4.79 Å². The van der Waals surface area contributed by atoms with Crippen molar-refractivity contribution in [2.24, 2.45) is 5.92 Å². The summed E-state index contributed by atoms with van der Waals surface area (Å²) >= 11 is 10.6. The van der Waals surface area contributed by atoms with Crippen molar-refractivity contribution in [3.05, 3.63) is 35.5 Å². The number of carbonyl (C=O) groups excluding carboxylic acids is 1. The van der Waals surface area contributed by atoms with Gasteiger partial charge >= 0.3 is 0 Å². The summed E-state index contributed by atoms with van der Waals surface area (Å²) in [5, 5.41) is 1.51. The molecule has 19 heavy (non-hydrogen) atoms. The van der Waals surface area contributed by atoms with E-state index in [1.54, 1.807) is 17.2 Å². The van der Waals surface area contributed by atoms with Crippen LogP contribution in [0.1, 0.15) is 6.42 Å². The second-order valence-electron chi connectivity index (χ2n) is 4.72. The summed E-state index contributed by atoms with van der Waals surface area (Å²) in [7, 11) is 0. The SMILES string of the molecule is O=C1CC(CS)CN1c1c(Cl)ccc2ncccc12. The van der Waals surface area contributed by atoms with E-state index >= 15 is 0 Å². The summed E-state index contributed by atoms with van der Waals surface area (Å²) < 4.78 is 0. The Morgan fingerprint density at radius 3 is 3.00 bits per heavy atom. The molecule has 1 atom stereocenters. The molecule has 0 spiro atoms. The fourth-order valence-electron chi connectivity index (χ4n) is 2.50. The summed E-state index contributed by atoms with van der Waals surface area (Å²) in [6.07, 6.45) is 2.28. The van der Waals surface area contributed by atoms with Crippen LogP contribution < -0.4 is 4.90 Å². The monoisotopic (exact) mass is 292 g/mol. The van der Waals surface area contributed by atoms with Crippen molar-refractivity contribution < 1.29 is 4.79 Å². The van der Waals surface area contributed by atoms with E-state index in [1.165, 1.54) is 0 Å². The van der Waals surface area contributed by atoms with Crippen LogP contribution in [-0.4, -0.2) is 23.2 Å². The highest BCUT2D eigenvalue weighted by molar-refractivity contribution is 7.80. The lowest BCUT2D eigenvalue weighted by molar-refractivity contribution is -0.117. The second kappa shape index (κ2) is 5.02. The maximum atomic E-state index is 12.2. The third-order valence-electron chi connectivity index (χ3n) is 3.44. The maximum Gasteiger partial charge on any atom is 0.227 e. The molecule has 1 aliphatic heterocycles. The van der Waals surface area contributed by atoms with E-state index in [0.29, 0.717) is 29.7 Å². The lowest BCUT2D eigenvalue weighted by Gasteiger charge is -2.20. The summed E-state index contributed by atoms with van der Waals surface area (Å²) in [4.78, 5) is 18.2. The van der Waals surface area contributed by atoms with Crippen LogP contribution in [0.4, 0.5) is 5.69 Å². The maximum absolute atomic E-state index is 12.2. The van der Waals surface area contributed by atoms with Crippen LogP contribution in [0.3, 0.4) is 0 Å². The van der Waals surface area contributed by atoms with E-state index in [2.05, 4.69) is 17.6 Å². The molecule has 2 heterocycles. The first-order valence-electron chi connectivity index (χ1n) is 6.15. The van der Waals surface area contributed by atoms with Crippen LogP contribution in [-0.2, 0) is 4.79 Å². The number of pyridine rings is 1. The zero-order chi connectivity index (χ0) is 13.4. The van der Waals surface area contributed by atoms with E-state index in [4.69, 9.17) is 11.6 Å². The molecule has 1 aromatic heterocycles. The molecule has 0 N–H and O–H groups in total. The first kappa shape index (κ1) is 12.8. The van der Waals surface area contributed by atoms with Crippen molar-refractivity contribution in [1.82, 2.24) is 4.98 Å². The largest absolute Gasteiger partial charge is 0.310 e.